The summed E-state index contributed by atoms with van der Waals surface area (Å²) in [6, 6.07) is 10.6. The van der Waals surface area contributed by atoms with Crippen LogP contribution in [0.4, 0.5) is 0 Å². The van der Waals surface area contributed by atoms with E-state index in [-0.39, 0.29) is 12.2 Å². The van der Waals surface area contributed by atoms with Crippen LogP contribution < -0.4 is 4.72 Å². The summed E-state index contributed by atoms with van der Waals surface area (Å²) >= 11 is 1.75. The van der Waals surface area contributed by atoms with E-state index in [0.717, 1.165) is 44.1 Å². The monoisotopic (exact) mass is 527 g/mol. The van der Waals surface area contributed by atoms with Crippen LogP contribution in [-0.2, 0) is 0 Å². The van der Waals surface area contributed by atoms with Crippen molar-refractivity contribution in [3.8, 4) is 0 Å². The first-order valence-corrected chi connectivity index (χ1v) is 16.4. The lowest BCUT2D eigenvalue weighted by Gasteiger charge is -2.64. The van der Waals surface area contributed by atoms with E-state index in [4.69, 9.17) is 0 Å². The third kappa shape index (κ3) is 5.19. The Morgan fingerprint density at radius 3 is 2.43 bits per heavy atom. The van der Waals surface area contributed by atoms with Gasteiger partial charge in [0.25, 0.3) is 0 Å². The van der Waals surface area contributed by atoms with E-state index < -0.39 is 0 Å². The Labute approximate surface area is 231 Å². The van der Waals surface area contributed by atoms with Gasteiger partial charge in [-0.1, -0.05) is 65.2 Å². The Bertz CT molecular complexity index is 880. The van der Waals surface area contributed by atoms with E-state index in [2.05, 4.69) is 62.7 Å². The van der Waals surface area contributed by atoms with Crippen LogP contribution in [0.2, 0.25) is 0 Å². The molecule has 4 aliphatic carbocycles. The topological polar surface area (TPSA) is 52.5 Å². The van der Waals surface area contributed by atoms with Crippen molar-refractivity contribution in [3.05, 3.63) is 30.3 Å². The van der Waals surface area contributed by atoms with Gasteiger partial charge in [0, 0.05) is 11.4 Å². The first-order valence-electron chi connectivity index (χ1n) is 15.6. The molecule has 1 aromatic carbocycles. The van der Waals surface area contributed by atoms with Crippen LogP contribution in [0.3, 0.4) is 0 Å². The predicted octanol–water partition coefficient (Wildman–Crippen LogP) is 7.72. The van der Waals surface area contributed by atoms with Crippen molar-refractivity contribution in [2.45, 2.75) is 115 Å². The number of benzene rings is 1. The fraction of sp³-hybridized carbons (Fsp3) is 0.818. The summed E-state index contributed by atoms with van der Waals surface area (Å²) in [4.78, 5) is 1.29. The molecule has 0 aliphatic heterocycles. The van der Waals surface area contributed by atoms with Crippen LogP contribution in [0.25, 0.3) is 0 Å². The molecule has 0 aromatic heterocycles. The Morgan fingerprint density at radius 1 is 0.946 bits per heavy atom. The summed E-state index contributed by atoms with van der Waals surface area (Å²) in [5, 5.41) is 22.4. The molecule has 4 aliphatic rings. The average molecular weight is 528 g/mol. The molecule has 0 spiro atoms. The highest BCUT2D eigenvalue weighted by atomic mass is 32.2. The summed E-state index contributed by atoms with van der Waals surface area (Å²) in [6.07, 6.45) is 12.9. The molecule has 208 valence electrons. The molecule has 3 N–H and O–H groups in total. The van der Waals surface area contributed by atoms with E-state index in [9.17, 15) is 10.2 Å². The highest BCUT2D eigenvalue weighted by Gasteiger charge is 2.64. The van der Waals surface area contributed by atoms with Crippen molar-refractivity contribution in [2.75, 3.05) is 6.54 Å². The van der Waals surface area contributed by atoms with Gasteiger partial charge in [0.15, 0.2) is 0 Å². The molecule has 11 atom stereocenters. The number of rotatable bonds is 9. The van der Waals surface area contributed by atoms with E-state index in [1.807, 2.05) is 0 Å². The largest absolute Gasteiger partial charge is 0.393 e. The Hall–Kier alpha value is -0.550. The molecule has 0 radical (unpaired) electrons. The van der Waals surface area contributed by atoms with Gasteiger partial charge in [-0.3, -0.25) is 4.72 Å². The maximum Gasteiger partial charge on any atom is 0.0605 e. The van der Waals surface area contributed by atoms with Crippen LogP contribution in [0.15, 0.2) is 35.2 Å². The zero-order valence-electron chi connectivity index (χ0n) is 23.9. The molecule has 0 bridgehead atoms. The van der Waals surface area contributed by atoms with Gasteiger partial charge in [-0.25, -0.2) is 0 Å². The standard InChI is InChI=1S/C33H53NO2S/c1-5-25-29-21-23(35)16-18-33(29,4)28-17-19-32(3)26(14-15-27(32)30(28)31(25)36)22(2)11-9-10-20-34-37-24-12-7-6-8-13-24/h6-8,12-13,22-23,25-31,34-36H,5,9-11,14-21H2,1-4H3/t22-,23-,25-,26-,27+,28+,29+,30?,31-,32-,33-/m1/s1. The van der Waals surface area contributed by atoms with Gasteiger partial charge in [-0.2, -0.15) is 0 Å². The number of unbranched alkanes of at least 4 members (excludes halogenated alkanes) is 1. The Balaban J connectivity index is 1.19. The first-order chi connectivity index (χ1) is 17.8. The lowest BCUT2D eigenvalue weighted by molar-refractivity contribution is -0.203. The van der Waals surface area contributed by atoms with E-state index in [1.165, 1.54) is 49.8 Å². The minimum absolute atomic E-state index is 0.159. The zero-order valence-corrected chi connectivity index (χ0v) is 24.7. The van der Waals surface area contributed by atoms with Crippen molar-refractivity contribution in [2.24, 2.45) is 52.3 Å². The third-order valence-electron chi connectivity index (χ3n) is 12.3. The van der Waals surface area contributed by atoms with Crippen molar-refractivity contribution in [3.63, 3.8) is 0 Å². The highest BCUT2D eigenvalue weighted by Crippen LogP contribution is 2.69. The van der Waals surface area contributed by atoms with Gasteiger partial charge in [0.2, 0.25) is 0 Å². The number of nitrogens with one attached hydrogen (secondary N) is 1. The summed E-state index contributed by atoms with van der Waals surface area (Å²) in [5.74, 6) is 4.21. The molecular formula is C33H53NO2S. The van der Waals surface area contributed by atoms with E-state index in [0.29, 0.717) is 40.4 Å². The van der Waals surface area contributed by atoms with Crippen molar-refractivity contribution < 1.29 is 10.2 Å². The maximum absolute atomic E-state index is 11.9. The smallest absolute Gasteiger partial charge is 0.0605 e. The van der Waals surface area contributed by atoms with E-state index in [1.54, 1.807) is 11.9 Å². The number of fused-ring (bicyclic) bond motifs is 5. The molecule has 0 heterocycles. The maximum atomic E-state index is 11.9. The quantitative estimate of drug-likeness (QED) is 0.227. The normalized spacial score (nSPS) is 44.1. The predicted molar refractivity (Wildman–Crippen MR) is 155 cm³/mol. The van der Waals surface area contributed by atoms with Gasteiger partial charge < -0.3 is 10.2 Å². The second kappa shape index (κ2) is 11.5. The second-order valence-electron chi connectivity index (χ2n) is 13.9. The molecule has 5 rings (SSSR count). The van der Waals surface area contributed by atoms with Crippen molar-refractivity contribution in [1.82, 2.24) is 4.72 Å². The molecule has 0 saturated heterocycles. The summed E-state index contributed by atoms with van der Waals surface area (Å²) in [7, 11) is 0. The third-order valence-corrected chi connectivity index (χ3v) is 13.1. The van der Waals surface area contributed by atoms with Crippen molar-refractivity contribution >= 4 is 11.9 Å². The van der Waals surface area contributed by atoms with Gasteiger partial charge in [0.05, 0.1) is 12.2 Å². The minimum atomic E-state index is -0.176. The summed E-state index contributed by atoms with van der Waals surface area (Å²) in [5.41, 5.74) is 0.693. The minimum Gasteiger partial charge on any atom is -0.393 e. The number of aliphatic hydroxyl groups is 2. The zero-order chi connectivity index (χ0) is 26.2. The van der Waals surface area contributed by atoms with Gasteiger partial charge >= 0.3 is 0 Å². The number of hydrogen-bond donors (Lipinski definition) is 3. The van der Waals surface area contributed by atoms with Crippen LogP contribution in [0.1, 0.15) is 98.3 Å². The lowest BCUT2D eigenvalue weighted by atomic mass is 9.41. The van der Waals surface area contributed by atoms with Gasteiger partial charge in [-0.05, 0) is 128 Å². The number of hydrogen-bond acceptors (Lipinski definition) is 4. The molecule has 4 heteroatoms. The van der Waals surface area contributed by atoms with Crippen LogP contribution in [-0.4, -0.2) is 29.0 Å². The summed E-state index contributed by atoms with van der Waals surface area (Å²) < 4.78 is 3.55. The lowest BCUT2D eigenvalue weighted by Crippen LogP contribution is -2.62. The van der Waals surface area contributed by atoms with E-state index >= 15 is 0 Å². The average Bonchev–Trinajstić information content (AvgIpc) is 3.25. The molecule has 37 heavy (non-hydrogen) atoms. The highest BCUT2D eigenvalue weighted by molar-refractivity contribution is 7.97. The molecule has 0 amide bonds. The second-order valence-corrected chi connectivity index (χ2v) is 14.9. The van der Waals surface area contributed by atoms with Gasteiger partial charge in [0.1, 0.15) is 0 Å². The van der Waals surface area contributed by atoms with Gasteiger partial charge in [-0.15, -0.1) is 0 Å². The van der Waals surface area contributed by atoms with Crippen LogP contribution in [0.5, 0.6) is 0 Å². The molecule has 3 nitrogen and oxygen atoms in total. The van der Waals surface area contributed by atoms with Crippen LogP contribution >= 0.6 is 11.9 Å². The Morgan fingerprint density at radius 2 is 1.68 bits per heavy atom. The SMILES string of the molecule is CC[C@H]1[C@@H](O)C2[C@@H]3CC[C@H]([C@H](C)CCCCNSc4ccccc4)[C@@]3(C)CC[C@@H]2[C@@]2(C)CC[C@@H](O)C[C@@H]12. The number of aliphatic hydroxyl groups excluding tert-OH is 2. The van der Waals surface area contributed by atoms with Crippen molar-refractivity contribution in [1.29, 1.82) is 0 Å². The molecule has 4 saturated carbocycles. The summed E-state index contributed by atoms with van der Waals surface area (Å²) in [6.45, 7) is 11.1. The fourth-order valence-electron chi connectivity index (χ4n) is 10.4. The molecule has 1 aromatic rings. The molecular weight excluding hydrogens is 474 g/mol. The molecule has 4 fully saturated rings. The first kappa shape index (κ1) is 28.0. The van der Waals surface area contributed by atoms with Crippen LogP contribution in [0, 0.1) is 52.3 Å². The molecule has 1 unspecified atom stereocenters. The Kier molecular flexibility index (Phi) is 8.71. The fourth-order valence-corrected chi connectivity index (χ4v) is 11.1.